The highest BCUT2D eigenvalue weighted by atomic mass is 32.1. The zero-order valence-electron chi connectivity index (χ0n) is 13.7. The van der Waals surface area contributed by atoms with Crippen LogP contribution in [0.15, 0.2) is 36.0 Å². The van der Waals surface area contributed by atoms with Crippen LogP contribution in [0.2, 0.25) is 0 Å². The molecule has 1 aliphatic heterocycles. The fourth-order valence-electron chi connectivity index (χ4n) is 2.48. The summed E-state index contributed by atoms with van der Waals surface area (Å²) in [6.45, 7) is 4.36. The van der Waals surface area contributed by atoms with Crippen molar-refractivity contribution in [3.63, 3.8) is 0 Å². The lowest BCUT2D eigenvalue weighted by Gasteiger charge is -2.17. The highest BCUT2D eigenvalue weighted by molar-refractivity contribution is 7.80. The average Bonchev–Trinajstić information content (AvgIpc) is 3.00. The SMILES string of the molecule is CCOc1ccccc1N1C(=O)/C(=C\c2cc(C)n(C)n2)NC1=S. The molecule has 24 heavy (non-hydrogen) atoms. The predicted octanol–water partition coefficient (Wildman–Crippen LogP) is 2.39. The van der Waals surface area contributed by atoms with Gasteiger partial charge in [0.15, 0.2) is 5.11 Å². The number of aryl methyl sites for hydroxylation is 2. The van der Waals surface area contributed by atoms with Crippen LogP contribution in [0.25, 0.3) is 6.08 Å². The van der Waals surface area contributed by atoms with Crippen LogP contribution in [-0.2, 0) is 11.8 Å². The van der Waals surface area contributed by atoms with Gasteiger partial charge >= 0.3 is 0 Å². The summed E-state index contributed by atoms with van der Waals surface area (Å²) in [5, 5.41) is 7.63. The summed E-state index contributed by atoms with van der Waals surface area (Å²) in [6, 6.07) is 9.24. The van der Waals surface area contributed by atoms with Gasteiger partial charge in [0.05, 0.1) is 18.0 Å². The van der Waals surface area contributed by atoms with Crippen LogP contribution in [0.5, 0.6) is 5.75 Å². The lowest BCUT2D eigenvalue weighted by Crippen LogP contribution is -2.30. The number of thiocarbonyl (C=S) groups is 1. The third kappa shape index (κ3) is 2.90. The fraction of sp³-hybridized carbons (Fsp3) is 0.235. The minimum Gasteiger partial charge on any atom is -0.492 e. The number of carbonyl (C=O) groups is 1. The van der Waals surface area contributed by atoms with E-state index in [1.807, 2.05) is 51.2 Å². The van der Waals surface area contributed by atoms with Crippen LogP contribution in [-0.4, -0.2) is 27.4 Å². The molecule has 2 heterocycles. The van der Waals surface area contributed by atoms with Crippen LogP contribution in [0, 0.1) is 6.92 Å². The van der Waals surface area contributed by atoms with Crippen molar-refractivity contribution in [3.05, 3.63) is 47.4 Å². The number of hydrogen-bond acceptors (Lipinski definition) is 4. The van der Waals surface area contributed by atoms with Gasteiger partial charge in [0.1, 0.15) is 11.4 Å². The highest BCUT2D eigenvalue weighted by Gasteiger charge is 2.33. The second-order valence-electron chi connectivity index (χ2n) is 5.36. The maximum Gasteiger partial charge on any atom is 0.281 e. The van der Waals surface area contributed by atoms with E-state index < -0.39 is 0 Å². The number of para-hydroxylation sites is 2. The molecule has 3 rings (SSSR count). The molecule has 6 nitrogen and oxygen atoms in total. The summed E-state index contributed by atoms with van der Waals surface area (Å²) < 4.78 is 7.36. The van der Waals surface area contributed by atoms with Gasteiger partial charge in [0, 0.05) is 12.7 Å². The number of amides is 1. The molecule has 124 valence electrons. The molecule has 1 saturated heterocycles. The van der Waals surface area contributed by atoms with Crippen LogP contribution in [0.3, 0.4) is 0 Å². The molecule has 7 heteroatoms. The van der Waals surface area contributed by atoms with Crippen molar-refractivity contribution in [2.45, 2.75) is 13.8 Å². The molecular formula is C17H18N4O2S. The first-order valence-corrected chi connectivity index (χ1v) is 8.01. The number of benzene rings is 1. The van der Waals surface area contributed by atoms with E-state index in [1.165, 1.54) is 4.90 Å². The molecule has 0 saturated carbocycles. The Morgan fingerprint density at radius 3 is 2.79 bits per heavy atom. The van der Waals surface area contributed by atoms with Crippen molar-refractivity contribution < 1.29 is 9.53 Å². The van der Waals surface area contributed by atoms with E-state index in [0.717, 1.165) is 5.69 Å². The first-order valence-electron chi connectivity index (χ1n) is 7.61. The van der Waals surface area contributed by atoms with Gasteiger partial charge in [0.2, 0.25) is 0 Å². The molecule has 1 aliphatic rings. The Balaban J connectivity index is 1.95. The Labute approximate surface area is 145 Å². The molecule has 1 aromatic heterocycles. The number of aromatic nitrogens is 2. The van der Waals surface area contributed by atoms with Gasteiger partial charge in [-0.05, 0) is 50.3 Å². The molecule has 0 bridgehead atoms. The van der Waals surface area contributed by atoms with Gasteiger partial charge < -0.3 is 10.1 Å². The highest BCUT2D eigenvalue weighted by Crippen LogP contribution is 2.31. The number of rotatable bonds is 4. The van der Waals surface area contributed by atoms with Crippen LogP contribution in [0.1, 0.15) is 18.3 Å². The van der Waals surface area contributed by atoms with Gasteiger partial charge in [0.25, 0.3) is 5.91 Å². The largest absolute Gasteiger partial charge is 0.492 e. The lowest BCUT2D eigenvalue weighted by molar-refractivity contribution is -0.113. The molecular weight excluding hydrogens is 324 g/mol. The summed E-state index contributed by atoms with van der Waals surface area (Å²) in [5.74, 6) is 0.392. The van der Waals surface area contributed by atoms with E-state index in [4.69, 9.17) is 17.0 Å². The number of anilines is 1. The Morgan fingerprint density at radius 2 is 2.12 bits per heavy atom. The summed E-state index contributed by atoms with van der Waals surface area (Å²) in [5.41, 5.74) is 2.73. The number of nitrogens with one attached hydrogen (secondary N) is 1. The standard InChI is InChI=1S/C17H18N4O2S/c1-4-23-15-8-6-5-7-14(15)21-16(22)13(18-17(21)24)10-12-9-11(2)20(3)19-12/h5-10H,4H2,1-3H3,(H,18,24)/b13-10+. The Bertz CT molecular complexity index is 821. The van der Waals surface area contributed by atoms with Crippen molar-refractivity contribution in [1.82, 2.24) is 15.1 Å². The first-order chi connectivity index (χ1) is 11.5. The van der Waals surface area contributed by atoms with E-state index in [2.05, 4.69) is 10.4 Å². The van der Waals surface area contributed by atoms with Crippen LogP contribution < -0.4 is 15.0 Å². The second-order valence-corrected chi connectivity index (χ2v) is 5.75. The Hall–Kier alpha value is -2.67. The first kappa shape index (κ1) is 16.2. The average molecular weight is 342 g/mol. The monoisotopic (exact) mass is 342 g/mol. The van der Waals surface area contributed by atoms with Crippen molar-refractivity contribution in [3.8, 4) is 5.75 Å². The zero-order chi connectivity index (χ0) is 17.3. The van der Waals surface area contributed by atoms with E-state index in [0.29, 0.717) is 34.5 Å². The topological polar surface area (TPSA) is 59.4 Å². The third-order valence-corrected chi connectivity index (χ3v) is 3.99. The number of hydrogen-bond donors (Lipinski definition) is 1. The van der Waals surface area contributed by atoms with Gasteiger partial charge in [-0.25, -0.2) is 4.90 Å². The van der Waals surface area contributed by atoms with E-state index in [1.54, 1.807) is 10.8 Å². The molecule has 2 aromatic rings. The van der Waals surface area contributed by atoms with Crippen LogP contribution >= 0.6 is 12.2 Å². The second kappa shape index (κ2) is 6.45. The minimum absolute atomic E-state index is 0.226. The fourth-order valence-corrected chi connectivity index (χ4v) is 2.77. The smallest absolute Gasteiger partial charge is 0.281 e. The quantitative estimate of drug-likeness (QED) is 0.683. The number of ether oxygens (including phenoxy) is 1. The molecule has 1 fully saturated rings. The molecule has 0 radical (unpaired) electrons. The maximum atomic E-state index is 12.8. The molecule has 0 aliphatic carbocycles. The van der Waals surface area contributed by atoms with Crippen LogP contribution in [0.4, 0.5) is 5.69 Å². The number of carbonyl (C=O) groups excluding carboxylic acids is 1. The van der Waals surface area contributed by atoms with Gasteiger partial charge in [-0.15, -0.1) is 0 Å². The Morgan fingerprint density at radius 1 is 1.38 bits per heavy atom. The van der Waals surface area contributed by atoms with E-state index in [9.17, 15) is 4.79 Å². The van der Waals surface area contributed by atoms with Crippen molar-refractivity contribution in [2.75, 3.05) is 11.5 Å². The molecule has 1 aromatic carbocycles. The lowest BCUT2D eigenvalue weighted by atomic mass is 10.2. The van der Waals surface area contributed by atoms with Crippen molar-refractivity contribution in [1.29, 1.82) is 0 Å². The summed E-state index contributed by atoms with van der Waals surface area (Å²) in [4.78, 5) is 14.2. The van der Waals surface area contributed by atoms with Crippen molar-refractivity contribution >= 4 is 35.0 Å². The molecule has 0 atom stereocenters. The predicted molar refractivity (Wildman–Crippen MR) is 96.8 cm³/mol. The molecule has 1 N–H and O–H groups in total. The molecule has 1 amide bonds. The van der Waals surface area contributed by atoms with Gasteiger partial charge in [-0.1, -0.05) is 12.1 Å². The zero-order valence-corrected chi connectivity index (χ0v) is 14.6. The van der Waals surface area contributed by atoms with E-state index in [-0.39, 0.29) is 5.91 Å². The molecule has 0 spiro atoms. The van der Waals surface area contributed by atoms with E-state index >= 15 is 0 Å². The van der Waals surface area contributed by atoms with Gasteiger partial charge in [-0.2, -0.15) is 5.10 Å². The Kier molecular flexibility index (Phi) is 4.35. The molecule has 0 unspecified atom stereocenters. The summed E-state index contributed by atoms with van der Waals surface area (Å²) >= 11 is 5.34. The third-order valence-electron chi connectivity index (χ3n) is 3.71. The van der Waals surface area contributed by atoms with Crippen molar-refractivity contribution in [2.24, 2.45) is 7.05 Å². The number of nitrogens with zero attached hydrogens (tertiary/aromatic N) is 3. The van der Waals surface area contributed by atoms with Gasteiger partial charge in [-0.3, -0.25) is 9.48 Å². The summed E-state index contributed by atoms with van der Waals surface area (Å²) in [6.07, 6.45) is 1.70. The maximum absolute atomic E-state index is 12.8. The summed E-state index contributed by atoms with van der Waals surface area (Å²) in [7, 11) is 1.86. The normalized spacial score (nSPS) is 16.0. The minimum atomic E-state index is -0.226.